The first-order valence-corrected chi connectivity index (χ1v) is 5.02. The van der Waals surface area contributed by atoms with Crippen molar-refractivity contribution in [2.45, 2.75) is 39.2 Å². The first-order chi connectivity index (χ1) is 5.29. The summed E-state index contributed by atoms with van der Waals surface area (Å²) in [4.78, 5) is 0. The van der Waals surface area contributed by atoms with Crippen LogP contribution in [0, 0.1) is 17.8 Å². The lowest BCUT2D eigenvalue weighted by molar-refractivity contribution is 0.294. The summed E-state index contributed by atoms with van der Waals surface area (Å²) in [6, 6.07) is 0.891. The van der Waals surface area contributed by atoms with Crippen LogP contribution in [0.3, 0.4) is 0 Å². The summed E-state index contributed by atoms with van der Waals surface area (Å²) in [6.45, 7) is 6.04. The van der Waals surface area contributed by atoms with Gasteiger partial charge in [-0.05, 0) is 43.6 Å². The van der Waals surface area contributed by atoms with E-state index in [1.165, 1.54) is 25.8 Å². The van der Waals surface area contributed by atoms with Gasteiger partial charge in [-0.15, -0.1) is 0 Å². The monoisotopic (exact) mass is 153 g/mol. The highest BCUT2D eigenvalue weighted by Crippen LogP contribution is 2.41. The third-order valence-electron chi connectivity index (χ3n) is 3.62. The molecular formula is C10H19N. The van der Waals surface area contributed by atoms with Gasteiger partial charge in [-0.1, -0.05) is 13.8 Å². The van der Waals surface area contributed by atoms with E-state index in [0.29, 0.717) is 0 Å². The number of rotatable bonds is 1. The molecule has 64 valence electrons. The first kappa shape index (κ1) is 7.60. The average Bonchev–Trinajstić information content (AvgIpc) is 2.41. The Kier molecular flexibility index (Phi) is 1.92. The molecule has 2 fully saturated rings. The predicted molar refractivity (Wildman–Crippen MR) is 47.5 cm³/mol. The summed E-state index contributed by atoms with van der Waals surface area (Å²) in [5, 5.41) is 3.60. The van der Waals surface area contributed by atoms with Gasteiger partial charge in [0.25, 0.3) is 0 Å². The van der Waals surface area contributed by atoms with Gasteiger partial charge in [-0.3, -0.25) is 0 Å². The molecule has 1 nitrogen and oxygen atoms in total. The largest absolute Gasteiger partial charge is 0.314 e. The zero-order chi connectivity index (χ0) is 7.84. The summed E-state index contributed by atoms with van der Waals surface area (Å²) in [6.07, 6.45) is 4.35. The van der Waals surface area contributed by atoms with Crippen molar-refractivity contribution >= 4 is 0 Å². The van der Waals surface area contributed by atoms with Crippen molar-refractivity contribution in [1.29, 1.82) is 0 Å². The van der Waals surface area contributed by atoms with Crippen LogP contribution in [0.4, 0.5) is 0 Å². The third-order valence-corrected chi connectivity index (χ3v) is 3.62. The minimum absolute atomic E-state index is 0.891. The van der Waals surface area contributed by atoms with E-state index in [0.717, 1.165) is 23.8 Å². The summed E-state index contributed by atoms with van der Waals surface area (Å²) >= 11 is 0. The minimum Gasteiger partial charge on any atom is -0.314 e. The zero-order valence-electron chi connectivity index (χ0n) is 7.64. The first-order valence-electron chi connectivity index (χ1n) is 5.02. The fourth-order valence-electron chi connectivity index (χ4n) is 3.03. The van der Waals surface area contributed by atoms with E-state index >= 15 is 0 Å². The Hall–Kier alpha value is -0.0400. The molecule has 1 N–H and O–H groups in total. The van der Waals surface area contributed by atoms with E-state index in [2.05, 4.69) is 19.2 Å². The van der Waals surface area contributed by atoms with Crippen LogP contribution in [0.5, 0.6) is 0 Å². The SMILES string of the molecule is CC(C)C1CCC2NCCC21. The molecule has 3 unspecified atom stereocenters. The molecule has 1 aliphatic carbocycles. The number of hydrogen-bond donors (Lipinski definition) is 1. The molecule has 1 saturated heterocycles. The van der Waals surface area contributed by atoms with Gasteiger partial charge < -0.3 is 5.32 Å². The normalized spacial score (nSPS) is 43.4. The fraction of sp³-hybridized carbons (Fsp3) is 1.00. The van der Waals surface area contributed by atoms with Gasteiger partial charge in [0.1, 0.15) is 0 Å². The Morgan fingerprint density at radius 1 is 1.18 bits per heavy atom. The summed E-state index contributed by atoms with van der Waals surface area (Å²) in [7, 11) is 0. The highest BCUT2D eigenvalue weighted by atomic mass is 15.0. The van der Waals surface area contributed by atoms with Crippen LogP contribution in [0.25, 0.3) is 0 Å². The molecule has 0 aromatic carbocycles. The van der Waals surface area contributed by atoms with Crippen LogP contribution in [0.1, 0.15) is 33.1 Å². The van der Waals surface area contributed by atoms with Crippen LogP contribution >= 0.6 is 0 Å². The van der Waals surface area contributed by atoms with Gasteiger partial charge in [0.15, 0.2) is 0 Å². The standard InChI is InChI=1S/C10H19N/c1-7(2)8-3-4-10-9(8)5-6-11-10/h7-11H,3-6H2,1-2H3. The summed E-state index contributed by atoms with van der Waals surface area (Å²) < 4.78 is 0. The van der Waals surface area contributed by atoms with Crippen molar-refractivity contribution in [2.75, 3.05) is 6.54 Å². The van der Waals surface area contributed by atoms with Gasteiger partial charge in [0, 0.05) is 6.04 Å². The van der Waals surface area contributed by atoms with E-state index in [1.807, 2.05) is 0 Å². The van der Waals surface area contributed by atoms with Crippen LogP contribution in [-0.2, 0) is 0 Å². The molecular weight excluding hydrogens is 134 g/mol. The van der Waals surface area contributed by atoms with Gasteiger partial charge in [-0.25, -0.2) is 0 Å². The van der Waals surface area contributed by atoms with Crippen molar-refractivity contribution < 1.29 is 0 Å². The van der Waals surface area contributed by atoms with Crippen molar-refractivity contribution in [3.8, 4) is 0 Å². The van der Waals surface area contributed by atoms with Crippen LogP contribution in [-0.4, -0.2) is 12.6 Å². The van der Waals surface area contributed by atoms with Crippen LogP contribution < -0.4 is 5.32 Å². The third kappa shape index (κ3) is 1.20. The maximum absolute atomic E-state index is 3.60. The van der Waals surface area contributed by atoms with Gasteiger partial charge in [0.05, 0.1) is 0 Å². The molecule has 3 atom stereocenters. The van der Waals surface area contributed by atoms with Gasteiger partial charge in [0.2, 0.25) is 0 Å². The van der Waals surface area contributed by atoms with Gasteiger partial charge >= 0.3 is 0 Å². The topological polar surface area (TPSA) is 12.0 Å². The van der Waals surface area contributed by atoms with Crippen LogP contribution in [0.15, 0.2) is 0 Å². The predicted octanol–water partition coefficient (Wildman–Crippen LogP) is 2.03. The van der Waals surface area contributed by atoms with Crippen LogP contribution in [0.2, 0.25) is 0 Å². The molecule has 2 aliphatic rings. The molecule has 1 saturated carbocycles. The lowest BCUT2D eigenvalue weighted by Gasteiger charge is -2.21. The lowest BCUT2D eigenvalue weighted by atomic mass is 9.84. The Bertz CT molecular complexity index is 142. The molecule has 1 heteroatoms. The molecule has 0 radical (unpaired) electrons. The van der Waals surface area contributed by atoms with E-state index in [4.69, 9.17) is 0 Å². The van der Waals surface area contributed by atoms with E-state index in [-0.39, 0.29) is 0 Å². The van der Waals surface area contributed by atoms with Crippen molar-refractivity contribution in [3.05, 3.63) is 0 Å². The molecule has 1 heterocycles. The summed E-state index contributed by atoms with van der Waals surface area (Å²) in [5.41, 5.74) is 0. The maximum Gasteiger partial charge on any atom is 0.00986 e. The second kappa shape index (κ2) is 2.78. The summed E-state index contributed by atoms with van der Waals surface area (Å²) in [5.74, 6) is 2.95. The Morgan fingerprint density at radius 3 is 2.73 bits per heavy atom. The highest BCUT2D eigenvalue weighted by Gasteiger charge is 2.39. The quantitative estimate of drug-likeness (QED) is 0.608. The molecule has 0 bridgehead atoms. The number of nitrogens with one attached hydrogen (secondary N) is 1. The number of hydrogen-bond acceptors (Lipinski definition) is 1. The smallest absolute Gasteiger partial charge is 0.00986 e. The van der Waals surface area contributed by atoms with Gasteiger partial charge in [-0.2, -0.15) is 0 Å². The van der Waals surface area contributed by atoms with Crippen molar-refractivity contribution in [2.24, 2.45) is 17.8 Å². The number of fused-ring (bicyclic) bond motifs is 1. The average molecular weight is 153 g/mol. The molecule has 11 heavy (non-hydrogen) atoms. The molecule has 0 spiro atoms. The Morgan fingerprint density at radius 2 is 2.00 bits per heavy atom. The van der Waals surface area contributed by atoms with E-state index < -0.39 is 0 Å². The molecule has 0 aromatic rings. The zero-order valence-corrected chi connectivity index (χ0v) is 7.64. The second-order valence-corrected chi connectivity index (χ2v) is 4.50. The lowest BCUT2D eigenvalue weighted by Crippen LogP contribution is -2.24. The molecule has 2 rings (SSSR count). The minimum atomic E-state index is 0.891. The highest BCUT2D eigenvalue weighted by molar-refractivity contribution is 4.94. The second-order valence-electron chi connectivity index (χ2n) is 4.50. The Balaban J connectivity index is 2.03. The van der Waals surface area contributed by atoms with Crippen molar-refractivity contribution in [3.63, 3.8) is 0 Å². The molecule has 1 aliphatic heterocycles. The van der Waals surface area contributed by atoms with E-state index in [9.17, 15) is 0 Å². The Labute approximate surface area is 69.6 Å². The molecule has 0 amide bonds. The maximum atomic E-state index is 3.60. The molecule has 0 aromatic heterocycles. The fourth-order valence-corrected chi connectivity index (χ4v) is 3.03. The van der Waals surface area contributed by atoms with E-state index in [1.54, 1.807) is 0 Å². The van der Waals surface area contributed by atoms with Crippen molar-refractivity contribution in [1.82, 2.24) is 5.32 Å².